The maximum Gasteiger partial charge on any atom is 0.323 e. The van der Waals surface area contributed by atoms with Crippen LogP contribution in [-0.4, -0.2) is 6.03 Å². The predicted molar refractivity (Wildman–Crippen MR) is 84.0 cm³/mol. The molecule has 2 aromatic carbocycles. The lowest BCUT2D eigenvalue weighted by molar-refractivity contribution is 0.262. The van der Waals surface area contributed by atoms with Crippen LogP contribution in [0.3, 0.4) is 0 Å². The highest BCUT2D eigenvalue weighted by molar-refractivity contribution is 5.99. The lowest BCUT2D eigenvalue weighted by Gasteiger charge is -2.09. The summed E-state index contributed by atoms with van der Waals surface area (Å²) in [5.41, 5.74) is 1.25. The molecule has 0 heterocycles. The Morgan fingerprint density at radius 2 is 1.65 bits per heavy atom. The lowest BCUT2D eigenvalue weighted by Crippen LogP contribution is -2.20. The Balaban J connectivity index is 1.98. The zero-order chi connectivity index (χ0) is 16.8. The molecule has 0 unspecified atom stereocenters. The average molecular weight is 322 g/mol. The van der Waals surface area contributed by atoms with E-state index < -0.39 is 29.2 Å². The van der Waals surface area contributed by atoms with Crippen molar-refractivity contribution in [1.29, 1.82) is 0 Å². The number of anilines is 2. The number of carbonyl (C=O) groups is 1. The van der Waals surface area contributed by atoms with Crippen molar-refractivity contribution in [1.82, 2.24) is 0 Å². The zero-order valence-electron chi connectivity index (χ0n) is 12.6. The molecule has 6 heteroatoms. The van der Waals surface area contributed by atoms with Gasteiger partial charge in [-0.2, -0.15) is 0 Å². The molecule has 0 bridgehead atoms. The normalized spacial score (nSPS) is 10.4. The molecular formula is C17H17F3N2O. The number of unbranched alkanes of at least 4 members (excludes halogenated alkanes) is 1. The van der Waals surface area contributed by atoms with E-state index >= 15 is 0 Å². The summed E-state index contributed by atoms with van der Waals surface area (Å²) >= 11 is 0. The largest absolute Gasteiger partial charge is 0.323 e. The summed E-state index contributed by atoms with van der Waals surface area (Å²) in [7, 11) is 0. The number of carbonyl (C=O) groups excluding carboxylic acids is 1. The van der Waals surface area contributed by atoms with Crippen molar-refractivity contribution in [2.75, 3.05) is 10.6 Å². The molecule has 0 aliphatic carbocycles. The van der Waals surface area contributed by atoms with Crippen LogP contribution in [0.5, 0.6) is 0 Å². The number of hydrogen-bond acceptors (Lipinski definition) is 1. The van der Waals surface area contributed by atoms with Crippen molar-refractivity contribution in [3.05, 3.63) is 59.4 Å². The summed E-state index contributed by atoms with van der Waals surface area (Å²) in [6, 6.07) is 8.21. The fraction of sp³-hybridized carbons (Fsp3) is 0.235. The van der Waals surface area contributed by atoms with Gasteiger partial charge >= 0.3 is 6.03 Å². The first-order valence-electron chi connectivity index (χ1n) is 7.31. The van der Waals surface area contributed by atoms with E-state index in [1.807, 2.05) is 12.1 Å². The van der Waals surface area contributed by atoms with Crippen LogP contribution in [0, 0.1) is 17.5 Å². The van der Waals surface area contributed by atoms with E-state index in [1.165, 1.54) is 0 Å². The highest BCUT2D eigenvalue weighted by Gasteiger charge is 2.15. The number of rotatable bonds is 5. The second-order valence-corrected chi connectivity index (χ2v) is 5.10. The molecule has 0 radical (unpaired) electrons. The lowest BCUT2D eigenvalue weighted by atomic mass is 10.1. The molecule has 2 N–H and O–H groups in total. The number of hydrogen-bond donors (Lipinski definition) is 2. The second kappa shape index (κ2) is 7.67. The minimum Gasteiger partial charge on any atom is -0.308 e. The highest BCUT2D eigenvalue weighted by atomic mass is 19.2. The molecule has 0 fully saturated rings. The van der Waals surface area contributed by atoms with E-state index in [2.05, 4.69) is 17.6 Å². The summed E-state index contributed by atoms with van der Waals surface area (Å²) in [5, 5.41) is 4.65. The minimum atomic E-state index is -1.62. The van der Waals surface area contributed by atoms with E-state index in [-0.39, 0.29) is 0 Å². The maximum absolute atomic E-state index is 13.5. The standard InChI is InChI=1S/C17H17F3N2O/c1-2-3-4-11-5-7-12(8-6-11)21-17(23)22-14-10-9-13(18)15(19)16(14)20/h5-10H,2-4H2,1H3,(H2,21,22,23). The molecule has 0 spiro atoms. The molecule has 0 saturated carbocycles. The molecule has 0 atom stereocenters. The van der Waals surface area contributed by atoms with E-state index in [0.29, 0.717) is 5.69 Å². The summed E-state index contributed by atoms with van der Waals surface area (Å²) in [5.74, 6) is -4.37. The van der Waals surface area contributed by atoms with Crippen molar-refractivity contribution in [2.24, 2.45) is 0 Å². The number of halogens is 3. The van der Waals surface area contributed by atoms with Gasteiger partial charge in [-0.05, 0) is 42.7 Å². The number of nitrogens with one attached hydrogen (secondary N) is 2. The SMILES string of the molecule is CCCCc1ccc(NC(=O)Nc2ccc(F)c(F)c2F)cc1. The first-order valence-corrected chi connectivity index (χ1v) is 7.31. The van der Waals surface area contributed by atoms with Gasteiger partial charge in [-0.25, -0.2) is 18.0 Å². The monoisotopic (exact) mass is 322 g/mol. The Kier molecular flexibility index (Phi) is 5.62. The van der Waals surface area contributed by atoms with Crippen LogP contribution in [0.4, 0.5) is 29.3 Å². The third-order valence-corrected chi connectivity index (χ3v) is 3.31. The summed E-state index contributed by atoms with van der Waals surface area (Å²) in [6.07, 6.45) is 3.15. The smallest absolute Gasteiger partial charge is 0.308 e. The molecule has 0 aromatic heterocycles. The van der Waals surface area contributed by atoms with Gasteiger partial charge < -0.3 is 10.6 Å². The third-order valence-electron chi connectivity index (χ3n) is 3.31. The van der Waals surface area contributed by atoms with Crippen molar-refractivity contribution >= 4 is 17.4 Å². The van der Waals surface area contributed by atoms with Crippen LogP contribution >= 0.6 is 0 Å². The summed E-state index contributed by atoms with van der Waals surface area (Å²) < 4.78 is 39.4. The van der Waals surface area contributed by atoms with E-state index in [0.717, 1.165) is 37.0 Å². The Morgan fingerprint density at radius 3 is 2.30 bits per heavy atom. The van der Waals surface area contributed by atoms with Crippen molar-refractivity contribution in [3.8, 4) is 0 Å². The van der Waals surface area contributed by atoms with E-state index in [4.69, 9.17) is 0 Å². The van der Waals surface area contributed by atoms with Crippen LogP contribution in [0.2, 0.25) is 0 Å². The molecule has 2 aromatic rings. The first kappa shape index (κ1) is 16.9. The Hall–Kier alpha value is -2.50. The zero-order valence-corrected chi connectivity index (χ0v) is 12.6. The van der Waals surface area contributed by atoms with Gasteiger partial charge in [0.1, 0.15) is 0 Å². The Bertz CT molecular complexity index is 687. The minimum absolute atomic E-state index is 0.430. The molecule has 0 aliphatic heterocycles. The molecule has 2 amide bonds. The van der Waals surface area contributed by atoms with Crippen LogP contribution in [0.15, 0.2) is 36.4 Å². The van der Waals surface area contributed by atoms with Crippen molar-refractivity contribution in [3.63, 3.8) is 0 Å². The first-order chi connectivity index (χ1) is 11.0. The molecule has 0 saturated heterocycles. The fourth-order valence-corrected chi connectivity index (χ4v) is 2.04. The highest BCUT2D eigenvalue weighted by Crippen LogP contribution is 2.20. The van der Waals surface area contributed by atoms with Crippen LogP contribution in [0.1, 0.15) is 25.3 Å². The van der Waals surface area contributed by atoms with Gasteiger partial charge in [0.15, 0.2) is 17.5 Å². The van der Waals surface area contributed by atoms with Crippen LogP contribution in [-0.2, 0) is 6.42 Å². The topological polar surface area (TPSA) is 41.1 Å². The van der Waals surface area contributed by atoms with E-state index in [1.54, 1.807) is 12.1 Å². The number of urea groups is 1. The maximum atomic E-state index is 13.5. The van der Waals surface area contributed by atoms with Crippen molar-refractivity contribution < 1.29 is 18.0 Å². The molecule has 2 rings (SSSR count). The summed E-state index contributed by atoms with van der Waals surface area (Å²) in [6.45, 7) is 2.11. The fourth-order valence-electron chi connectivity index (χ4n) is 2.04. The van der Waals surface area contributed by atoms with Gasteiger partial charge in [0, 0.05) is 5.69 Å². The van der Waals surface area contributed by atoms with Gasteiger partial charge in [-0.15, -0.1) is 0 Å². The van der Waals surface area contributed by atoms with Gasteiger partial charge in [0.2, 0.25) is 0 Å². The predicted octanol–water partition coefficient (Wildman–Crippen LogP) is 5.09. The van der Waals surface area contributed by atoms with Gasteiger partial charge in [-0.1, -0.05) is 25.5 Å². The average Bonchev–Trinajstić information content (AvgIpc) is 2.55. The number of benzene rings is 2. The number of aryl methyl sites for hydroxylation is 1. The van der Waals surface area contributed by atoms with Gasteiger partial charge in [0.05, 0.1) is 5.69 Å². The second-order valence-electron chi connectivity index (χ2n) is 5.10. The molecule has 3 nitrogen and oxygen atoms in total. The van der Waals surface area contributed by atoms with Crippen molar-refractivity contribution in [2.45, 2.75) is 26.2 Å². The molecular weight excluding hydrogens is 305 g/mol. The quantitative estimate of drug-likeness (QED) is 0.740. The third kappa shape index (κ3) is 4.48. The van der Waals surface area contributed by atoms with Gasteiger partial charge in [0.25, 0.3) is 0 Å². The Morgan fingerprint density at radius 1 is 0.957 bits per heavy atom. The Labute approximate surface area is 132 Å². The van der Waals surface area contributed by atoms with Crippen LogP contribution < -0.4 is 10.6 Å². The molecule has 122 valence electrons. The molecule has 0 aliphatic rings. The van der Waals surface area contributed by atoms with Gasteiger partial charge in [-0.3, -0.25) is 0 Å². The summed E-state index contributed by atoms with van der Waals surface area (Å²) in [4.78, 5) is 11.8. The number of amides is 2. The van der Waals surface area contributed by atoms with E-state index in [9.17, 15) is 18.0 Å². The molecule has 23 heavy (non-hydrogen) atoms. The van der Waals surface area contributed by atoms with Crippen LogP contribution in [0.25, 0.3) is 0 Å².